The van der Waals surface area contributed by atoms with Gasteiger partial charge in [0.25, 0.3) is 0 Å². The normalized spacial score (nSPS) is 10.0. The van der Waals surface area contributed by atoms with E-state index < -0.39 is 17.9 Å². The molecule has 21 heavy (non-hydrogen) atoms. The number of hydrogen-bond acceptors (Lipinski definition) is 3. The van der Waals surface area contributed by atoms with Crippen molar-refractivity contribution in [2.75, 3.05) is 5.32 Å². The molecular formula is C14H17BrN2O4. The van der Waals surface area contributed by atoms with Gasteiger partial charge in [0, 0.05) is 23.0 Å². The highest BCUT2D eigenvalue weighted by molar-refractivity contribution is 9.10. The van der Waals surface area contributed by atoms with Gasteiger partial charge in [-0.05, 0) is 37.5 Å². The number of anilines is 1. The second kappa shape index (κ2) is 8.41. The summed E-state index contributed by atoms with van der Waals surface area (Å²) in [6, 6.07) is 4.77. The first kappa shape index (κ1) is 17.2. The number of urea groups is 1. The quantitative estimate of drug-likeness (QED) is 0.682. The molecule has 0 unspecified atom stereocenters. The summed E-state index contributed by atoms with van der Waals surface area (Å²) in [7, 11) is 0. The molecule has 3 N–H and O–H groups in total. The van der Waals surface area contributed by atoms with Crippen LogP contribution in [0, 0.1) is 6.92 Å². The molecule has 0 saturated heterocycles. The third-order valence-corrected chi connectivity index (χ3v) is 3.67. The predicted octanol–water partition coefficient (Wildman–Crippen LogP) is 3.05. The summed E-state index contributed by atoms with van der Waals surface area (Å²) in [5, 5.41) is 13.3. The van der Waals surface area contributed by atoms with Crippen LogP contribution in [0.25, 0.3) is 0 Å². The van der Waals surface area contributed by atoms with Crippen molar-refractivity contribution in [1.82, 2.24) is 5.32 Å². The van der Waals surface area contributed by atoms with Crippen molar-refractivity contribution in [1.29, 1.82) is 0 Å². The summed E-state index contributed by atoms with van der Waals surface area (Å²) < 4.78 is 0.861. The van der Waals surface area contributed by atoms with E-state index in [9.17, 15) is 14.4 Å². The zero-order chi connectivity index (χ0) is 15.8. The molecule has 0 saturated carbocycles. The molecule has 0 spiro atoms. The molecule has 0 aliphatic carbocycles. The number of carbonyl (C=O) groups excluding carboxylic acids is 2. The standard InChI is InChI=1S/C14H17BrN2O4/c1-9-10(15)5-4-6-11(9)16-14(21)17-12(18)7-2-3-8-13(19)20/h4-6H,2-3,7-8H2,1H3,(H,19,20)(H2,16,17,18,21). The molecule has 0 aromatic heterocycles. The Balaban J connectivity index is 2.38. The van der Waals surface area contributed by atoms with Crippen LogP contribution in [0.4, 0.5) is 10.5 Å². The zero-order valence-corrected chi connectivity index (χ0v) is 13.2. The highest BCUT2D eigenvalue weighted by Gasteiger charge is 2.10. The first-order chi connectivity index (χ1) is 9.90. The van der Waals surface area contributed by atoms with Crippen LogP contribution >= 0.6 is 15.9 Å². The number of rotatable bonds is 6. The minimum absolute atomic E-state index is 0.0245. The van der Waals surface area contributed by atoms with Gasteiger partial charge in [-0.25, -0.2) is 4.79 Å². The molecule has 0 atom stereocenters. The number of carboxylic acids is 1. The molecule has 0 aliphatic rings. The van der Waals surface area contributed by atoms with Gasteiger partial charge >= 0.3 is 12.0 Å². The SMILES string of the molecule is Cc1c(Br)cccc1NC(=O)NC(=O)CCCCC(=O)O. The lowest BCUT2D eigenvalue weighted by atomic mass is 10.2. The van der Waals surface area contributed by atoms with Gasteiger partial charge in [-0.1, -0.05) is 22.0 Å². The van der Waals surface area contributed by atoms with Crippen molar-refractivity contribution >= 4 is 39.5 Å². The summed E-state index contributed by atoms with van der Waals surface area (Å²) in [5.74, 6) is -1.32. The number of halogens is 1. The summed E-state index contributed by atoms with van der Waals surface area (Å²) >= 11 is 3.35. The minimum atomic E-state index is -0.890. The molecule has 6 nitrogen and oxygen atoms in total. The van der Waals surface area contributed by atoms with E-state index in [4.69, 9.17) is 5.11 Å². The molecule has 1 aromatic carbocycles. The Labute approximate surface area is 131 Å². The fourth-order valence-corrected chi connectivity index (χ4v) is 2.01. The number of amides is 3. The third-order valence-electron chi connectivity index (χ3n) is 2.81. The Kier molecular flexibility index (Phi) is 6.87. The minimum Gasteiger partial charge on any atom is -0.481 e. The lowest BCUT2D eigenvalue weighted by Crippen LogP contribution is -2.34. The molecule has 1 rings (SSSR count). The predicted molar refractivity (Wildman–Crippen MR) is 82.1 cm³/mol. The van der Waals surface area contributed by atoms with E-state index >= 15 is 0 Å². The smallest absolute Gasteiger partial charge is 0.325 e. The topological polar surface area (TPSA) is 95.5 Å². The fraction of sp³-hybridized carbons (Fsp3) is 0.357. The molecule has 0 bridgehead atoms. The van der Waals surface area contributed by atoms with Crippen LogP contribution in [-0.2, 0) is 9.59 Å². The van der Waals surface area contributed by atoms with Crippen molar-refractivity contribution in [2.45, 2.75) is 32.6 Å². The third kappa shape index (κ3) is 6.40. The van der Waals surface area contributed by atoms with Gasteiger partial charge in [-0.3, -0.25) is 14.9 Å². The van der Waals surface area contributed by atoms with E-state index in [1.165, 1.54) is 0 Å². The van der Waals surface area contributed by atoms with Crippen LogP contribution in [0.15, 0.2) is 22.7 Å². The van der Waals surface area contributed by atoms with Crippen molar-refractivity contribution in [3.8, 4) is 0 Å². The van der Waals surface area contributed by atoms with Crippen LogP contribution in [0.3, 0.4) is 0 Å². The van der Waals surface area contributed by atoms with Gasteiger partial charge in [0.15, 0.2) is 0 Å². The lowest BCUT2D eigenvalue weighted by Gasteiger charge is -2.10. The molecule has 0 fully saturated rings. The van der Waals surface area contributed by atoms with Gasteiger partial charge in [-0.15, -0.1) is 0 Å². The Hall–Kier alpha value is -1.89. The van der Waals surface area contributed by atoms with E-state index in [0.717, 1.165) is 10.0 Å². The second-order valence-electron chi connectivity index (χ2n) is 4.52. The van der Waals surface area contributed by atoms with Crippen LogP contribution in [-0.4, -0.2) is 23.0 Å². The Bertz CT molecular complexity index is 546. The van der Waals surface area contributed by atoms with E-state index in [1.807, 2.05) is 13.0 Å². The first-order valence-corrected chi connectivity index (χ1v) is 7.27. The Morgan fingerprint density at radius 2 is 1.86 bits per heavy atom. The van der Waals surface area contributed by atoms with E-state index in [0.29, 0.717) is 18.5 Å². The van der Waals surface area contributed by atoms with Gasteiger partial charge < -0.3 is 10.4 Å². The molecule has 1 aromatic rings. The van der Waals surface area contributed by atoms with Crippen LogP contribution < -0.4 is 10.6 Å². The number of hydrogen-bond donors (Lipinski definition) is 3. The molecule has 0 heterocycles. The molecule has 0 aliphatic heterocycles. The van der Waals surface area contributed by atoms with Gasteiger partial charge in [0.2, 0.25) is 5.91 Å². The number of benzene rings is 1. The monoisotopic (exact) mass is 356 g/mol. The fourth-order valence-electron chi connectivity index (χ4n) is 1.65. The van der Waals surface area contributed by atoms with Crippen LogP contribution in [0.2, 0.25) is 0 Å². The summed E-state index contributed by atoms with van der Waals surface area (Å²) in [6.07, 6.45) is 0.991. The summed E-state index contributed by atoms with van der Waals surface area (Å²) in [4.78, 5) is 33.5. The Morgan fingerprint density at radius 3 is 2.52 bits per heavy atom. The first-order valence-electron chi connectivity index (χ1n) is 6.48. The van der Waals surface area contributed by atoms with Crippen molar-refractivity contribution in [3.63, 3.8) is 0 Å². The molecule has 3 amide bonds. The molecule has 114 valence electrons. The number of carboxylic acid groups (broad SMARTS) is 1. The maximum atomic E-state index is 11.7. The van der Waals surface area contributed by atoms with Crippen LogP contribution in [0.1, 0.15) is 31.2 Å². The maximum Gasteiger partial charge on any atom is 0.325 e. The van der Waals surface area contributed by atoms with E-state index in [-0.39, 0.29) is 12.8 Å². The number of aliphatic carboxylic acids is 1. The van der Waals surface area contributed by atoms with Crippen molar-refractivity contribution < 1.29 is 19.5 Å². The van der Waals surface area contributed by atoms with E-state index in [2.05, 4.69) is 26.6 Å². The van der Waals surface area contributed by atoms with Gasteiger partial charge in [-0.2, -0.15) is 0 Å². The largest absolute Gasteiger partial charge is 0.481 e. The molecular weight excluding hydrogens is 340 g/mol. The number of nitrogens with one attached hydrogen (secondary N) is 2. The Morgan fingerprint density at radius 1 is 1.19 bits per heavy atom. The van der Waals surface area contributed by atoms with Crippen LogP contribution in [0.5, 0.6) is 0 Å². The van der Waals surface area contributed by atoms with E-state index in [1.54, 1.807) is 12.1 Å². The summed E-state index contributed by atoms with van der Waals surface area (Å²) in [6.45, 7) is 1.84. The molecule has 0 radical (unpaired) electrons. The maximum absolute atomic E-state index is 11.7. The van der Waals surface area contributed by atoms with Crippen molar-refractivity contribution in [3.05, 3.63) is 28.2 Å². The summed E-state index contributed by atoms with van der Waals surface area (Å²) in [5.41, 5.74) is 1.47. The molecule has 7 heteroatoms. The average Bonchev–Trinajstić information content (AvgIpc) is 2.40. The van der Waals surface area contributed by atoms with Gasteiger partial charge in [0.05, 0.1) is 0 Å². The number of unbranched alkanes of at least 4 members (excludes halogenated alkanes) is 1. The number of imide groups is 1. The highest BCUT2D eigenvalue weighted by atomic mass is 79.9. The second-order valence-corrected chi connectivity index (χ2v) is 5.37. The average molecular weight is 357 g/mol. The zero-order valence-electron chi connectivity index (χ0n) is 11.6. The number of carbonyl (C=O) groups is 3. The van der Waals surface area contributed by atoms with Gasteiger partial charge in [0.1, 0.15) is 0 Å². The van der Waals surface area contributed by atoms with Crippen molar-refractivity contribution in [2.24, 2.45) is 0 Å². The highest BCUT2D eigenvalue weighted by Crippen LogP contribution is 2.23. The lowest BCUT2D eigenvalue weighted by molar-refractivity contribution is -0.137.